The number of rotatable bonds is 4. The summed E-state index contributed by atoms with van der Waals surface area (Å²) in [7, 11) is 1.42. The van der Waals surface area contributed by atoms with Gasteiger partial charge >= 0.3 is 5.69 Å². The first kappa shape index (κ1) is 12.9. The van der Waals surface area contributed by atoms with Crippen molar-refractivity contribution in [3.8, 4) is 5.88 Å². The first-order valence-corrected chi connectivity index (χ1v) is 5.41. The van der Waals surface area contributed by atoms with Gasteiger partial charge in [-0.15, -0.1) is 0 Å². The molecule has 0 aromatic carbocycles. The lowest BCUT2D eigenvalue weighted by molar-refractivity contribution is -0.385. The third kappa shape index (κ3) is 2.51. The van der Waals surface area contributed by atoms with Crippen LogP contribution in [0.25, 0.3) is 0 Å². The van der Waals surface area contributed by atoms with E-state index in [1.54, 1.807) is 6.92 Å². The fraction of sp³-hybridized carbons (Fsp3) is 0.273. The van der Waals surface area contributed by atoms with Gasteiger partial charge < -0.3 is 4.74 Å². The number of halogens is 1. The second-order valence-electron chi connectivity index (χ2n) is 3.86. The Morgan fingerprint density at radius 3 is 2.84 bits per heavy atom. The van der Waals surface area contributed by atoms with E-state index in [0.29, 0.717) is 5.56 Å². The Balaban J connectivity index is 2.39. The highest BCUT2D eigenvalue weighted by Gasteiger charge is 2.19. The Morgan fingerprint density at radius 1 is 1.53 bits per heavy atom. The molecule has 2 rings (SSSR count). The van der Waals surface area contributed by atoms with Crippen molar-refractivity contribution in [2.45, 2.75) is 13.0 Å². The minimum Gasteiger partial charge on any atom is -0.481 e. The highest BCUT2D eigenvalue weighted by Crippen LogP contribution is 2.27. The van der Waals surface area contributed by atoms with E-state index in [2.05, 4.69) is 10.1 Å². The molecule has 0 amide bonds. The molecule has 1 atom stereocenters. The number of methoxy groups -OCH3 is 1. The summed E-state index contributed by atoms with van der Waals surface area (Å²) in [6.45, 7) is 1.72. The molecular formula is C11H11FN4O3. The van der Waals surface area contributed by atoms with Gasteiger partial charge in [-0.25, -0.2) is 9.37 Å². The van der Waals surface area contributed by atoms with Crippen molar-refractivity contribution in [1.82, 2.24) is 14.8 Å². The molecule has 100 valence electrons. The summed E-state index contributed by atoms with van der Waals surface area (Å²) in [6, 6.07) is 0.830. The topological polar surface area (TPSA) is 83.1 Å². The molecule has 7 nitrogen and oxygen atoms in total. The van der Waals surface area contributed by atoms with Gasteiger partial charge in [0.25, 0.3) is 0 Å². The number of hydrogen-bond donors (Lipinski definition) is 0. The van der Waals surface area contributed by atoms with Gasteiger partial charge in [-0.05, 0) is 13.0 Å². The van der Waals surface area contributed by atoms with Gasteiger partial charge in [0.05, 0.1) is 24.3 Å². The van der Waals surface area contributed by atoms with Crippen molar-refractivity contribution in [3.63, 3.8) is 0 Å². The lowest BCUT2D eigenvalue weighted by Gasteiger charge is -2.14. The lowest BCUT2D eigenvalue weighted by atomic mass is 10.1. The molecule has 19 heavy (non-hydrogen) atoms. The lowest BCUT2D eigenvalue weighted by Crippen LogP contribution is -2.10. The monoisotopic (exact) mass is 266 g/mol. The molecule has 8 heteroatoms. The Labute approximate surface area is 107 Å². The summed E-state index contributed by atoms with van der Waals surface area (Å²) >= 11 is 0. The molecule has 0 saturated carbocycles. The van der Waals surface area contributed by atoms with Gasteiger partial charge in [-0.2, -0.15) is 5.10 Å². The summed E-state index contributed by atoms with van der Waals surface area (Å²) in [5.74, 6) is -0.253. The number of pyridine rings is 1. The smallest absolute Gasteiger partial charge is 0.307 e. The molecule has 1 unspecified atom stereocenters. The maximum Gasteiger partial charge on any atom is 0.307 e. The largest absolute Gasteiger partial charge is 0.481 e. The average Bonchev–Trinajstić information content (AvgIpc) is 2.87. The highest BCUT2D eigenvalue weighted by atomic mass is 19.1. The Bertz CT molecular complexity index is 614. The molecule has 0 fully saturated rings. The van der Waals surface area contributed by atoms with E-state index >= 15 is 0 Å². The van der Waals surface area contributed by atoms with E-state index in [9.17, 15) is 14.5 Å². The van der Waals surface area contributed by atoms with Crippen LogP contribution < -0.4 is 4.74 Å². The molecule has 0 radical (unpaired) electrons. The number of ether oxygens (including phenoxy) is 1. The van der Waals surface area contributed by atoms with Crippen molar-refractivity contribution >= 4 is 5.69 Å². The van der Waals surface area contributed by atoms with Crippen LogP contribution >= 0.6 is 0 Å². The standard InChI is InChI=1S/C11H11FN4O3/c1-7(15-6-9(5-14-15)16(17)18)10-3-8(12)4-13-11(10)19-2/h3-7H,1-2H3. The van der Waals surface area contributed by atoms with E-state index in [-0.39, 0.29) is 11.6 Å². The average molecular weight is 266 g/mol. The van der Waals surface area contributed by atoms with E-state index in [1.165, 1.54) is 24.1 Å². The van der Waals surface area contributed by atoms with Crippen LogP contribution in [0.4, 0.5) is 10.1 Å². The van der Waals surface area contributed by atoms with Gasteiger partial charge in [-0.1, -0.05) is 0 Å². The van der Waals surface area contributed by atoms with Crippen LogP contribution in [0.5, 0.6) is 5.88 Å². The first-order chi connectivity index (χ1) is 9.02. The van der Waals surface area contributed by atoms with Crippen LogP contribution in [-0.2, 0) is 0 Å². The molecule has 0 N–H and O–H groups in total. The maximum atomic E-state index is 13.2. The third-order valence-electron chi connectivity index (χ3n) is 2.68. The Kier molecular flexibility index (Phi) is 3.41. The predicted octanol–water partition coefficient (Wildman–Crippen LogP) is 1.94. The molecule has 0 bridgehead atoms. The Hall–Kier alpha value is -2.51. The second-order valence-corrected chi connectivity index (χ2v) is 3.86. The van der Waals surface area contributed by atoms with Crippen molar-refractivity contribution in [1.29, 1.82) is 0 Å². The van der Waals surface area contributed by atoms with Crippen LogP contribution in [0.1, 0.15) is 18.5 Å². The van der Waals surface area contributed by atoms with Crippen LogP contribution in [-0.4, -0.2) is 26.8 Å². The fourth-order valence-corrected chi connectivity index (χ4v) is 1.69. The molecule has 0 aliphatic carbocycles. The predicted molar refractivity (Wildman–Crippen MR) is 63.4 cm³/mol. The van der Waals surface area contributed by atoms with Gasteiger partial charge in [0, 0.05) is 5.56 Å². The second kappa shape index (κ2) is 5.01. The molecule has 2 aromatic rings. The van der Waals surface area contributed by atoms with Gasteiger partial charge in [0.1, 0.15) is 18.2 Å². The molecular weight excluding hydrogens is 255 g/mol. The van der Waals surface area contributed by atoms with Crippen LogP contribution in [0, 0.1) is 15.9 Å². The van der Waals surface area contributed by atoms with Gasteiger partial charge in [0.15, 0.2) is 0 Å². The minimum absolute atomic E-state index is 0.129. The van der Waals surface area contributed by atoms with E-state index in [1.807, 2.05) is 0 Å². The van der Waals surface area contributed by atoms with Crippen LogP contribution in [0.15, 0.2) is 24.7 Å². The fourth-order valence-electron chi connectivity index (χ4n) is 1.69. The van der Waals surface area contributed by atoms with Crippen molar-refractivity contribution in [3.05, 3.63) is 46.2 Å². The van der Waals surface area contributed by atoms with Crippen LogP contribution in [0.3, 0.4) is 0 Å². The van der Waals surface area contributed by atoms with E-state index < -0.39 is 16.8 Å². The quantitative estimate of drug-likeness (QED) is 0.623. The highest BCUT2D eigenvalue weighted by molar-refractivity contribution is 5.31. The zero-order chi connectivity index (χ0) is 14.0. The maximum absolute atomic E-state index is 13.2. The zero-order valence-corrected chi connectivity index (χ0v) is 10.3. The normalized spacial score (nSPS) is 12.2. The van der Waals surface area contributed by atoms with Crippen molar-refractivity contribution in [2.75, 3.05) is 7.11 Å². The molecule has 2 aromatic heterocycles. The SMILES string of the molecule is COc1ncc(F)cc1C(C)n1cc([N+](=O)[O-])cn1. The van der Waals surface area contributed by atoms with E-state index in [0.717, 1.165) is 12.4 Å². The van der Waals surface area contributed by atoms with Gasteiger partial charge in [0.2, 0.25) is 5.88 Å². The summed E-state index contributed by atoms with van der Waals surface area (Å²) in [6.07, 6.45) is 3.45. The number of aromatic nitrogens is 3. The summed E-state index contributed by atoms with van der Waals surface area (Å²) in [4.78, 5) is 13.9. The molecule has 0 aliphatic heterocycles. The summed E-state index contributed by atoms with van der Waals surface area (Å²) < 4.78 is 19.6. The zero-order valence-electron chi connectivity index (χ0n) is 10.3. The molecule has 0 aliphatic rings. The first-order valence-electron chi connectivity index (χ1n) is 5.41. The summed E-state index contributed by atoms with van der Waals surface area (Å²) in [5.41, 5.74) is 0.329. The molecule has 0 saturated heterocycles. The number of nitrogens with zero attached hydrogens (tertiary/aromatic N) is 4. The number of hydrogen-bond acceptors (Lipinski definition) is 5. The van der Waals surface area contributed by atoms with Crippen LogP contribution in [0.2, 0.25) is 0 Å². The number of nitro groups is 1. The van der Waals surface area contributed by atoms with E-state index in [4.69, 9.17) is 4.74 Å². The van der Waals surface area contributed by atoms with Crippen molar-refractivity contribution in [2.24, 2.45) is 0 Å². The minimum atomic E-state index is -0.544. The Morgan fingerprint density at radius 2 is 2.26 bits per heavy atom. The van der Waals surface area contributed by atoms with Gasteiger partial charge in [-0.3, -0.25) is 14.8 Å². The third-order valence-corrected chi connectivity index (χ3v) is 2.68. The summed E-state index contributed by atoms with van der Waals surface area (Å²) in [5, 5.41) is 14.5. The molecule has 0 spiro atoms. The molecule has 2 heterocycles. The van der Waals surface area contributed by atoms with Crippen molar-refractivity contribution < 1.29 is 14.1 Å².